The van der Waals surface area contributed by atoms with Gasteiger partial charge in [-0.05, 0) is 36.7 Å². The van der Waals surface area contributed by atoms with Crippen molar-refractivity contribution in [1.82, 2.24) is 5.32 Å². The summed E-state index contributed by atoms with van der Waals surface area (Å²) in [6.45, 7) is 3.65. The van der Waals surface area contributed by atoms with Crippen molar-refractivity contribution in [2.45, 2.75) is 19.9 Å². The van der Waals surface area contributed by atoms with Crippen LogP contribution in [-0.4, -0.2) is 6.54 Å². The van der Waals surface area contributed by atoms with E-state index in [9.17, 15) is 17.6 Å². The van der Waals surface area contributed by atoms with Gasteiger partial charge in [-0.25, -0.2) is 17.6 Å². The van der Waals surface area contributed by atoms with E-state index in [1.807, 2.05) is 0 Å². The molecule has 0 aromatic heterocycles. The summed E-state index contributed by atoms with van der Waals surface area (Å²) in [6, 6.07) is 4.98. The van der Waals surface area contributed by atoms with Gasteiger partial charge >= 0.3 is 0 Å². The van der Waals surface area contributed by atoms with E-state index in [0.29, 0.717) is 6.54 Å². The molecule has 0 saturated heterocycles. The number of benzene rings is 2. The van der Waals surface area contributed by atoms with E-state index in [-0.39, 0.29) is 16.7 Å². The van der Waals surface area contributed by atoms with Crippen LogP contribution in [0.3, 0.4) is 0 Å². The van der Waals surface area contributed by atoms with Crippen molar-refractivity contribution >= 4 is 0 Å². The summed E-state index contributed by atoms with van der Waals surface area (Å²) in [6.07, 6.45) is 0. The summed E-state index contributed by atoms with van der Waals surface area (Å²) < 4.78 is 54.5. The van der Waals surface area contributed by atoms with Crippen LogP contribution in [0, 0.1) is 30.2 Å². The Balaban J connectivity index is 2.56. The first kappa shape index (κ1) is 15.5. The lowest BCUT2D eigenvalue weighted by Crippen LogP contribution is -2.23. The fourth-order valence-corrected chi connectivity index (χ4v) is 2.24. The maximum atomic E-state index is 14.1. The highest BCUT2D eigenvalue weighted by Gasteiger charge is 2.21. The lowest BCUT2D eigenvalue weighted by atomic mass is 9.96. The summed E-state index contributed by atoms with van der Waals surface area (Å²) in [7, 11) is 0. The molecule has 1 atom stereocenters. The van der Waals surface area contributed by atoms with Crippen LogP contribution in [0.15, 0.2) is 30.3 Å². The molecule has 2 aromatic rings. The zero-order valence-electron chi connectivity index (χ0n) is 11.7. The van der Waals surface area contributed by atoms with Crippen LogP contribution in [0.4, 0.5) is 17.6 Å². The quantitative estimate of drug-likeness (QED) is 0.832. The number of rotatable bonds is 4. The molecule has 0 radical (unpaired) electrons. The number of halogens is 4. The van der Waals surface area contributed by atoms with Gasteiger partial charge in [0.15, 0.2) is 11.6 Å². The molecular weight excluding hydrogens is 282 g/mol. The average Bonchev–Trinajstić information content (AvgIpc) is 2.42. The van der Waals surface area contributed by atoms with Crippen molar-refractivity contribution in [2.75, 3.05) is 6.54 Å². The molecule has 21 heavy (non-hydrogen) atoms. The molecule has 5 heteroatoms. The van der Waals surface area contributed by atoms with Gasteiger partial charge in [-0.1, -0.05) is 19.1 Å². The Bertz CT molecular complexity index is 635. The Morgan fingerprint density at radius 2 is 1.57 bits per heavy atom. The number of aryl methyl sites for hydroxylation is 1. The van der Waals surface area contributed by atoms with E-state index in [0.717, 1.165) is 18.2 Å². The first-order chi connectivity index (χ1) is 9.93. The first-order valence-corrected chi connectivity index (χ1v) is 6.58. The van der Waals surface area contributed by atoms with E-state index in [1.165, 1.54) is 19.1 Å². The van der Waals surface area contributed by atoms with E-state index < -0.39 is 29.3 Å². The predicted octanol–water partition coefficient (Wildman–Crippen LogP) is 4.25. The van der Waals surface area contributed by atoms with Crippen LogP contribution < -0.4 is 5.32 Å². The highest BCUT2D eigenvalue weighted by molar-refractivity contribution is 5.35. The zero-order valence-corrected chi connectivity index (χ0v) is 11.7. The minimum Gasteiger partial charge on any atom is -0.306 e. The van der Waals surface area contributed by atoms with Crippen molar-refractivity contribution < 1.29 is 17.6 Å². The predicted molar refractivity (Wildman–Crippen MR) is 73.0 cm³/mol. The highest BCUT2D eigenvalue weighted by Crippen LogP contribution is 2.28. The second kappa shape index (κ2) is 6.26. The second-order valence-electron chi connectivity index (χ2n) is 4.79. The number of nitrogens with one attached hydrogen (secondary N) is 1. The highest BCUT2D eigenvalue weighted by atomic mass is 19.2. The Hall–Kier alpha value is -1.88. The Morgan fingerprint density at radius 1 is 0.952 bits per heavy atom. The van der Waals surface area contributed by atoms with Gasteiger partial charge in [-0.15, -0.1) is 0 Å². The zero-order chi connectivity index (χ0) is 15.6. The molecule has 1 N–H and O–H groups in total. The molecule has 0 aliphatic carbocycles. The molecule has 0 aliphatic rings. The van der Waals surface area contributed by atoms with Crippen LogP contribution in [-0.2, 0) is 0 Å². The molecule has 0 bridgehead atoms. The Morgan fingerprint density at radius 3 is 2.14 bits per heavy atom. The van der Waals surface area contributed by atoms with Gasteiger partial charge < -0.3 is 5.32 Å². The van der Waals surface area contributed by atoms with Crippen LogP contribution in [0.1, 0.15) is 29.7 Å². The van der Waals surface area contributed by atoms with Gasteiger partial charge in [0.05, 0.1) is 6.04 Å². The van der Waals surface area contributed by atoms with E-state index in [2.05, 4.69) is 5.32 Å². The third-order valence-electron chi connectivity index (χ3n) is 3.24. The molecule has 112 valence electrons. The SMILES string of the molecule is CCNC(c1cc(F)cc(F)c1)c1ccc(C)c(F)c1F. The fourth-order valence-electron chi connectivity index (χ4n) is 2.24. The molecule has 0 heterocycles. The summed E-state index contributed by atoms with van der Waals surface area (Å²) in [5, 5.41) is 2.92. The molecular formula is C16H15F4N. The lowest BCUT2D eigenvalue weighted by Gasteiger charge is -2.20. The maximum Gasteiger partial charge on any atom is 0.164 e. The third-order valence-corrected chi connectivity index (χ3v) is 3.24. The van der Waals surface area contributed by atoms with Crippen LogP contribution >= 0.6 is 0 Å². The van der Waals surface area contributed by atoms with Crippen molar-refractivity contribution in [3.05, 3.63) is 70.3 Å². The largest absolute Gasteiger partial charge is 0.306 e. The van der Waals surface area contributed by atoms with Gasteiger partial charge in [0.1, 0.15) is 11.6 Å². The monoisotopic (exact) mass is 297 g/mol. The van der Waals surface area contributed by atoms with Crippen LogP contribution in [0.2, 0.25) is 0 Å². The van der Waals surface area contributed by atoms with Gasteiger partial charge in [0.25, 0.3) is 0 Å². The summed E-state index contributed by atoms with van der Waals surface area (Å²) in [5.41, 5.74) is 0.401. The number of hydrogen-bond acceptors (Lipinski definition) is 1. The van der Waals surface area contributed by atoms with Crippen molar-refractivity contribution in [2.24, 2.45) is 0 Å². The maximum absolute atomic E-state index is 14.1. The van der Waals surface area contributed by atoms with Gasteiger partial charge in [0, 0.05) is 11.6 Å². The lowest BCUT2D eigenvalue weighted by molar-refractivity contribution is 0.477. The van der Waals surface area contributed by atoms with E-state index in [4.69, 9.17) is 0 Å². The average molecular weight is 297 g/mol. The van der Waals surface area contributed by atoms with Crippen LogP contribution in [0.5, 0.6) is 0 Å². The van der Waals surface area contributed by atoms with Crippen LogP contribution in [0.25, 0.3) is 0 Å². The summed E-state index contributed by atoms with van der Waals surface area (Å²) in [5.74, 6) is -3.49. The molecule has 2 aromatic carbocycles. The molecule has 0 fully saturated rings. The Labute approximate surface area is 120 Å². The molecule has 0 spiro atoms. The molecule has 1 unspecified atom stereocenters. The van der Waals surface area contributed by atoms with Crippen molar-refractivity contribution in [3.8, 4) is 0 Å². The normalized spacial score (nSPS) is 12.5. The summed E-state index contributed by atoms with van der Waals surface area (Å²) in [4.78, 5) is 0. The van der Waals surface area contributed by atoms with E-state index in [1.54, 1.807) is 6.92 Å². The standard InChI is InChI=1S/C16H15F4N/c1-3-21-16(10-6-11(17)8-12(18)7-10)13-5-4-9(2)14(19)15(13)20/h4-8,16,21H,3H2,1-2H3. The minimum atomic E-state index is -1.01. The van der Waals surface area contributed by atoms with Crippen molar-refractivity contribution in [3.63, 3.8) is 0 Å². The Kier molecular flexibility index (Phi) is 4.63. The molecule has 0 amide bonds. The molecule has 2 rings (SSSR count). The van der Waals surface area contributed by atoms with Gasteiger partial charge in [0.2, 0.25) is 0 Å². The van der Waals surface area contributed by atoms with E-state index >= 15 is 0 Å². The molecule has 0 aliphatic heterocycles. The van der Waals surface area contributed by atoms with Crippen molar-refractivity contribution in [1.29, 1.82) is 0 Å². The number of hydrogen-bond donors (Lipinski definition) is 1. The van der Waals surface area contributed by atoms with Gasteiger partial charge in [-0.2, -0.15) is 0 Å². The fraction of sp³-hybridized carbons (Fsp3) is 0.250. The smallest absolute Gasteiger partial charge is 0.164 e. The van der Waals surface area contributed by atoms with Gasteiger partial charge in [-0.3, -0.25) is 0 Å². The third kappa shape index (κ3) is 3.24. The first-order valence-electron chi connectivity index (χ1n) is 6.58. The minimum absolute atomic E-state index is 0.0185. The molecule has 0 saturated carbocycles. The topological polar surface area (TPSA) is 12.0 Å². The second-order valence-corrected chi connectivity index (χ2v) is 4.79. The molecule has 1 nitrogen and oxygen atoms in total. The summed E-state index contributed by atoms with van der Waals surface area (Å²) >= 11 is 0.